The molecule has 0 unspecified atom stereocenters. The van der Waals surface area contributed by atoms with Crippen LogP contribution in [0.4, 0.5) is 4.79 Å². The van der Waals surface area contributed by atoms with Gasteiger partial charge in [-0.3, -0.25) is 4.79 Å². The van der Waals surface area contributed by atoms with Gasteiger partial charge in [-0.25, -0.2) is 4.79 Å². The van der Waals surface area contributed by atoms with Gasteiger partial charge in [0.05, 0.1) is 12.5 Å². The summed E-state index contributed by atoms with van der Waals surface area (Å²) in [5, 5.41) is 2.78. The summed E-state index contributed by atoms with van der Waals surface area (Å²) in [5.41, 5.74) is 1.13. The predicted molar refractivity (Wildman–Crippen MR) is 73.5 cm³/mol. The first-order chi connectivity index (χ1) is 9.08. The maximum Gasteiger partial charge on any atom is 0.321 e. The first-order valence-corrected chi connectivity index (χ1v) is 6.96. The largest absolute Gasteiger partial charge is 0.466 e. The number of nitrogens with one attached hydrogen (secondary N) is 1. The summed E-state index contributed by atoms with van der Waals surface area (Å²) in [6.07, 6.45) is 4.04. The first-order valence-electron chi connectivity index (χ1n) is 6.96. The fourth-order valence-corrected chi connectivity index (χ4v) is 1.96. The van der Waals surface area contributed by atoms with Gasteiger partial charge in [0.1, 0.15) is 0 Å². The second-order valence-corrected chi connectivity index (χ2v) is 4.81. The Bertz CT molecular complexity index is 345. The molecule has 19 heavy (non-hydrogen) atoms. The Morgan fingerprint density at radius 3 is 2.47 bits per heavy atom. The smallest absolute Gasteiger partial charge is 0.321 e. The number of carbonyl (C=O) groups is 2. The zero-order valence-electron chi connectivity index (χ0n) is 12.1. The van der Waals surface area contributed by atoms with Crippen molar-refractivity contribution in [3.63, 3.8) is 0 Å². The van der Waals surface area contributed by atoms with Crippen LogP contribution in [0.25, 0.3) is 0 Å². The third-order valence-electron chi connectivity index (χ3n) is 3.40. The van der Waals surface area contributed by atoms with Crippen LogP contribution in [0.5, 0.6) is 0 Å². The van der Waals surface area contributed by atoms with Crippen LogP contribution in [0.2, 0.25) is 0 Å². The van der Waals surface area contributed by atoms with E-state index in [1.165, 1.54) is 0 Å². The molecule has 5 nitrogen and oxygen atoms in total. The average Bonchev–Trinajstić information content (AvgIpc) is 2.44. The van der Waals surface area contributed by atoms with Crippen LogP contribution in [0, 0.1) is 5.92 Å². The van der Waals surface area contributed by atoms with E-state index in [1.54, 1.807) is 11.1 Å². The normalized spacial score (nSPS) is 17.2. The SMILES string of the molecule is CCOC(=O)C1CCN(C(=O)N/C=C(\C)CC)CC1. The van der Waals surface area contributed by atoms with Crippen molar-refractivity contribution in [1.29, 1.82) is 0 Å². The number of hydrogen-bond donors (Lipinski definition) is 1. The monoisotopic (exact) mass is 268 g/mol. The van der Waals surface area contributed by atoms with Crippen molar-refractivity contribution >= 4 is 12.0 Å². The fraction of sp³-hybridized carbons (Fsp3) is 0.714. The van der Waals surface area contributed by atoms with E-state index in [-0.39, 0.29) is 17.9 Å². The van der Waals surface area contributed by atoms with Gasteiger partial charge in [0, 0.05) is 19.3 Å². The highest BCUT2D eigenvalue weighted by Crippen LogP contribution is 2.18. The maximum absolute atomic E-state index is 11.9. The Morgan fingerprint density at radius 1 is 1.32 bits per heavy atom. The molecular formula is C14H24N2O3. The number of ether oxygens (including phenoxy) is 1. The summed E-state index contributed by atoms with van der Waals surface area (Å²) in [6, 6.07) is -0.0879. The van der Waals surface area contributed by atoms with Crippen molar-refractivity contribution in [1.82, 2.24) is 10.2 Å². The number of hydrogen-bond acceptors (Lipinski definition) is 3. The zero-order valence-corrected chi connectivity index (χ0v) is 12.1. The van der Waals surface area contributed by atoms with E-state index in [0.29, 0.717) is 32.5 Å². The summed E-state index contributed by atoms with van der Waals surface area (Å²) in [6.45, 7) is 7.46. The highest BCUT2D eigenvalue weighted by Gasteiger charge is 2.27. The number of likely N-dealkylation sites (tertiary alicyclic amines) is 1. The summed E-state index contributed by atoms with van der Waals surface area (Å²) in [5.74, 6) is -0.193. The lowest BCUT2D eigenvalue weighted by Gasteiger charge is -2.30. The lowest BCUT2D eigenvalue weighted by Crippen LogP contribution is -2.44. The number of rotatable bonds is 4. The number of piperidine rings is 1. The Morgan fingerprint density at radius 2 is 1.95 bits per heavy atom. The summed E-state index contributed by atoms with van der Waals surface area (Å²) in [7, 11) is 0. The van der Waals surface area contributed by atoms with E-state index in [1.807, 2.05) is 20.8 Å². The van der Waals surface area contributed by atoms with E-state index >= 15 is 0 Å². The average molecular weight is 268 g/mol. The van der Waals surface area contributed by atoms with Gasteiger partial charge < -0.3 is 15.0 Å². The number of carbonyl (C=O) groups excluding carboxylic acids is 2. The zero-order chi connectivity index (χ0) is 14.3. The highest BCUT2D eigenvalue weighted by atomic mass is 16.5. The van der Waals surface area contributed by atoms with Crippen LogP contribution < -0.4 is 5.32 Å². The molecule has 1 saturated heterocycles. The van der Waals surface area contributed by atoms with Crippen molar-refractivity contribution in [2.75, 3.05) is 19.7 Å². The van der Waals surface area contributed by atoms with Crippen molar-refractivity contribution < 1.29 is 14.3 Å². The molecule has 0 radical (unpaired) electrons. The van der Waals surface area contributed by atoms with E-state index in [9.17, 15) is 9.59 Å². The molecule has 2 amide bonds. The Kier molecular flexibility index (Phi) is 6.39. The molecule has 0 saturated carbocycles. The van der Waals surface area contributed by atoms with Crippen molar-refractivity contribution in [3.8, 4) is 0 Å². The molecular weight excluding hydrogens is 244 g/mol. The van der Waals surface area contributed by atoms with Gasteiger partial charge in [0.2, 0.25) is 0 Å². The molecule has 108 valence electrons. The molecule has 0 aliphatic carbocycles. The van der Waals surface area contributed by atoms with Crippen LogP contribution in [-0.4, -0.2) is 36.6 Å². The van der Waals surface area contributed by atoms with Gasteiger partial charge in [-0.2, -0.15) is 0 Å². The molecule has 1 N–H and O–H groups in total. The molecule has 1 aliphatic rings. The van der Waals surface area contributed by atoms with Crippen molar-refractivity contribution in [2.24, 2.45) is 5.92 Å². The highest BCUT2D eigenvalue weighted by molar-refractivity contribution is 5.76. The molecule has 1 heterocycles. The Balaban J connectivity index is 2.37. The van der Waals surface area contributed by atoms with Crippen LogP contribution in [-0.2, 0) is 9.53 Å². The van der Waals surface area contributed by atoms with E-state index < -0.39 is 0 Å². The summed E-state index contributed by atoms with van der Waals surface area (Å²) < 4.78 is 5.00. The number of esters is 1. The van der Waals surface area contributed by atoms with Gasteiger partial charge in [-0.05, 0) is 33.1 Å². The van der Waals surface area contributed by atoms with E-state index in [4.69, 9.17) is 4.74 Å². The molecule has 0 atom stereocenters. The van der Waals surface area contributed by atoms with E-state index in [2.05, 4.69) is 5.32 Å². The third-order valence-corrected chi connectivity index (χ3v) is 3.40. The maximum atomic E-state index is 11.9. The standard InChI is InChI=1S/C14H24N2O3/c1-4-11(3)10-15-14(18)16-8-6-12(7-9-16)13(17)19-5-2/h10,12H,4-9H2,1-3H3,(H,15,18)/b11-10+. The minimum Gasteiger partial charge on any atom is -0.466 e. The predicted octanol–water partition coefficient (Wildman–Crippen LogP) is 2.28. The quantitative estimate of drug-likeness (QED) is 0.796. The Labute approximate surface area is 115 Å². The minimum atomic E-state index is -0.135. The van der Waals surface area contributed by atoms with Crippen LogP contribution in [0.15, 0.2) is 11.8 Å². The molecule has 0 aromatic carbocycles. The molecule has 1 aliphatic heterocycles. The van der Waals surface area contributed by atoms with Crippen LogP contribution in [0.3, 0.4) is 0 Å². The molecule has 0 spiro atoms. The van der Waals surface area contributed by atoms with Gasteiger partial charge >= 0.3 is 12.0 Å². The fourth-order valence-electron chi connectivity index (χ4n) is 1.96. The van der Waals surface area contributed by atoms with Crippen molar-refractivity contribution in [2.45, 2.75) is 40.0 Å². The number of urea groups is 1. The lowest BCUT2D eigenvalue weighted by molar-refractivity contribution is -0.149. The van der Waals surface area contributed by atoms with Gasteiger partial charge in [0.15, 0.2) is 0 Å². The number of allylic oxidation sites excluding steroid dienone is 1. The first kappa shape index (κ1) is 15.5. The Hall–Kier alpha value is -1.52. The molecule has 5 heteroatoms. The van der Waals surface area contributed by atoms with E-state index in [0.717, 1.165) is 12.0 Å². The second-order valence-electron chi connectivity index (χ2n) is 4.81. The molecule has 1 rings (SSSR count). The van der Waals surface area contributed by atoms with Crippen molar-refractivity contribution in [3.05, 3.63) is 11.8 Å². The minimum absolute atomic E-state index is 0.0584. The second kappa shape index (κ2) is 7.81. The van der Waals surface area contributed by atoms with Crippen LogP contribution in [0.1, 0.15) is 40.0 Å². The number of nitrogens with zero attached hydrogens (tertiary/aromatic N) is 1. The third kappa shape index (κ3) is 4.93. The van der Waals surface area contributed by atoms with Gasteiger partial charge in [0.25, 0.3) is 0 Å². The molecule has 0 aromatic heterocycles. The molecule has 0 aromatic rings. The summed E-state index contributed by atoms with van der Waals surface area (Å²) >= 11 is 0. The summed E-state index contributed by atoms with van der Waals surface area (Å²) in [4.78, 5) is 25.2. The van der Waals surface area contributed by atoms with Gasteiger partial charge in [-0.1, -0.05) is 12.5 Å². The molecule has 1 fully saturated rings. The van der Waals surface area contributed by atoms with Gasteiger partial charge in [-0.15, -0.1) is 0 Å². The molecule has 0 bridgehead atoms. The number of amides is 2. The lowest BCUT2D eigenvalue weighted by atomic mass is 9.97. The van der Waals surface area contributed by atoms with Crippen LogP contribution >= 0.6 is 0 Å². The topological polar surface area (TPSA) is 58.6 Å².